The summed E-state index contributed by atoms with van der Waals surface area (Å²) in [6.45, 7) is 16.0. The van der Waals surface area contributed by atoms with Crippen molar-refractivity contribution in [3.8, 4) is 0 Å². The Bertz CT molecular complexity index is 1130. The van der Waals surface area contributed by atoms with E-state index in [-0.39, 0.29) is 24.0 Å². The van der Waals surface area contributed by atoms with Crippen molar-refractivity contribution < 1.29 is 9.53 Å². The Kier molecular flexibility index (Phi) is 8.69. The van der Waals surface area contributed by atoms with E-state index in [0.717, 1.165) is 75.3 Å². The first-order chi connectivity index (χ1) is 18.4. The Morgan fingerprint density at radius 3 is 2.53 bits per heavy atom. The highest BCUT2D eigenvalue weighted by Gasteiger charge is 2.33. The van der Waals surface area contributed by atoms with E-state index < -0.39 is 0 Å². The van der Waals surface area contributed by atoms with Crippen LogP contribution in [0.4, 0.5) is 0 Å². The minimum absolute atomic E-state index is 0.0512. The van der Waals surface area contributed by atoms with Gasteiger partial charge in [0.05, 0.1) is 0 Å². The Morgan fingerprint density at radius 2 is 1.76 bits per heavy atom. The van der Waals surface area contributed by atoms with Crippen molar-refractivity contribution in [2.45, 2.75) is 65.5 Å². The summed E-state index contributed by atoms with van der Waals surface area (Å²) in [6, 6.07) is 12.9. The van der Waals surface area contributed by atoms with E-state index in [1.165, 1.54) is 35.8 Å². The van der Waals surface area contributed by atoms with Crippen LogP contribution in [0.15, 0.2) is 41.4 Å². The van der Waals surface area contributed by atoms with Gasteiger partial charge in [-0.15, -0.1) is 0 Å². The summed E-state index contributed by atoms with van der Waals surface area (Å²) in [6.07, 6.45) is 4.29. The van der Waals surface area contributed by atoms with Gasteiger partial charge in [-0.05, 0) is 87.3 Å². The topological polar surface area (TPSA) is 57.2 Å². The average molecular weight is 519 g/mol. The lowest BCUT2D eigenvalue weighted by molar-refractivity contribution is -0.126. The van der Waals surface area contributed by atoms with Crippen molar-refractivity contribution >= 4 is 22.6 Å². The molecule has 0 spiro atoms. The van der Waals surface area contributed by atoms with Crippen LogP contribution in [-0.4, -0.2) is 79.6 Å². The molecular weight excluding hydrogens is 472 g/mol. The molecule has 3 aliphatic rings. The Morgan fingerprint density at radius 1 is 1.03 bits per heavy atom. The summed E-state index contributed by atoms with van der Waals surface area (Å²) in [5.74, 6) is 2.73. The summed E-state index contributed by atoms with van der Waals surface area (Å²) in [4.78, 5) is 22.9. The van der Waals surface area contributed by atoms with E-state index in [1.807, 2.05) is 0 Å². The number of aliphatic imine (C=N–C) groups is 1. The van der Waals surface area contributed by atoms with Crippen LogP contribution in [-0.2, 0) is 9.53 Å². The molecule has 206 valence electrons. The van der Waals surface area contributed by atoms with Gasteiger partial charge in [0.25, 0.3) is 0 Å². The van der Waals surface area contributed by atoms with Crippen molar-refractivity contribution in [1.82, 2.24) is 15.1 Å². The fraction of sp³-hybridized carbons (Fsp3) is 0.625. The average Bonchev–Trinajstić information content (AvgIpc) is 3.25. The van der Waals surface area contributed by atoms with Gasteiger partial charge in [0.1, 0.15) is 12.1 Å². The van der Waals surface area contributed by atoms with Gasteiger partial charge in [0, 0.05) is 37.7 Å². The number of rotatable bonds is 8. The van der Waals surface area contributed by atoms with Crippen LogP contribution < -0.4 is 5.32 Å². The van der Waals surface area contributed by atoms with Gasteiger partial charge in [0.15, 0.2) is 0 Å². The molecule has 1 amide bonds. The number of ether oxygens (including phenoxy) is 1. The second-order valence-corrected chi connectivity index (χ2v) is 12.2. The number of hydrogen-bond acceptors (Lipinski definition) is 5. The summed E-state index contributed by atoms with van der Waals surface area (Å²) in [5, 5.41) is 5.64. The second kappa shape index (κ2) is 12.2. The zero-order chi connectivity index (χ0) is 26.6. The number of carbonyl (C=O) groups excluding carboxylic acids is 1. The van der Waals surface area contributed by atoms with E-state index in [9.17, 15) is 4.79 Å². The van der Waals surface area contributed by atoms with E-state index in [2.05, 4.69) is 79.2 Å². The number of piperidine rings is 2. The van der Waals surface area contributed by atoms with Gasteiger partial charge < -0.3 is 19.9 Å². The number of hydrogen-bond donors (Lipinski definition) is 1. The lowest BCUT2D eigenvalue weighted by Gasteiger charge is -2.35. The fourth-order valence-electron chi connectivity index (χ4n) is 6.79. The van der Waals surface area contributed by atoms with E-state index >= 15 is 0 Å². The number of carbonyl (C=O) groups is 1. The maximum atomic E-state index is 12.8. The molecule has 38 heavy (non-hydrogen) atoms. The van der Waals surface area contributed by atoms with Gasteiger partial charge in [-0.3, -0.25) is 4.79 Å². The Balaban J connectivity index is 1.08. The standard InChI is InChI=1S/C32H46N4O2/c1-22-18-23(2)20-36(19-22)15-7-14-33-31(37)27-12-16-35(17-13-27)21-29-25(4)38-32(34-29)30-24(3)10-11-26-8-5-6-9-28(26)30/h5-6,8-11,22-23,25,27,29H,7,12-21H2,1-4H3,(H,33,37)/t22-,23+,25?,29?. The number of benzene rings is 2. The summed E-state index contributed by atoms with van der Waals surface area (Å²) in [7, 11) is 0. The molecule has 3 aliphatic heterocycles. The third-order valence-corrected chi connectivity index (χ3v) is 8.77. The molecule has 0 radical (unpaired) electrons. The maximum Gasteiger partial charge on any atom is 0.223 e. The monoisotopic (exact) mass is 518 g/mol. The van der Waals surface area contributed by atoms with Crippen LogP contribution in [0.2, 0.25) is 0 Å². The van der Waals surface area contributed by atoms with Gasteiger partial charge in [0.2, 0.25) is 11.8 Å². The molecule has 2 fully saturated rings. The highest BCUT2D eigenvalue weighted by molar-refractivity contribution is 6.08. The van der Waals surface area contributed by atoms with Crippen LogP contribution >= 0.6 is 0 Å². The molecule has 6 heteroatoms. The van der Waals surface area contributed by atoms with Crippen LogP contribution in [0.5, 0.6) is 0 Å². The first kappa shape index (κ1) is 27.1. The van der Waals surface area contributed by atoms with Crippen molar-refractivity contribution in [2.24, 2.45) is 22.7 Å². The third-order valence-electron chi connectivity index (χ3n) is 8.77. The number of nitrogens with one attached hydrogen (secondary N) is 1. The minimum Gasteiger partial charge on any atom is -0.472 e. The molecule has 2 aromatic rings. The molecule has 1 N–H and O–H groups in total. The van der Waals surface area contributed by atoms with Gasteiger partial charge in [-0.1, -0.05) is 50.2 Å². The molecule has 2 saturated heterocycles. The van der Waals surface area contributed by atoms with Crippen LogP contribution in [0.3, 0.4) is 0 Å². The number of aryl methyl sites for hydroxylation is 1. The number of nitrogens with zero attached hydrogens (tertiary/aromatic N) is 3. The quantitative estimate of drug-likeness (QED) is 0.506. The molecule has 4 atom stereocenters. The zero-order valence-corrected chi connectivity index (χ0v) is 23.8. The third kappa shape index (κ3) is 6.40. The molecular formula is C32H46N4O2. The van der Waals surface area contributed by atoms with Crippen molar-refractivity contribution in [3.05, 3.63) is 47.5 Å². The van der Waals surface area contributed by atoms with E-state index in [4.69, 9.17) is 9.73 Å². The predicted octanol–water partition coefficient (Wildman–Crippen LogP) is 4.88. The highest BCUT2D eigenvalue weighted by Crippen LogP contribution is 2.28. The number of fused-ring (bicyclic) bond motifs is 1. The number of likely N-dealkylation sites (tertiary alicyclic amines) is 2. The largest absolute Gasteiger partial charge is 0.472 e. The molecule has 5 rings (SSSR count). The maximum absolute atomic E-state index is 12.8. The molecule has 0 aromatic heterocycles. The van der Waals surface area contributed by atoms with Gasteiger partial charge in [-0.25, -0.2) is 4.99 Å². The Labute approximate surface area is 228 Å². The molecule has 2 unspecified atom stereocenters. The fourth-order valence-corrected chi connectivity index (χ4v) is 6.79. The second-order valence-electron chi connectivity index (χ2n) is 12.2. The van der Waals surface area contributed by atoms with Gasteiger partial charge in [-0.2, -0.15) is 0 Å². The molecule has 0 bridgehead atoms. The molecule has 6 nitrogen and oxygen atoms in total. The molecule has 0 aliphatic carbocycles. The van der Waals surface area contributed by atoms with Crippen molar-refractivity contribution in [2.75, 3.05) is 45.8 Å². The van der Waals surface area contributed by atoms with Crippen molar-refractivity contribution in [3.63, 3.8) is 0 Å². The van der Waals surface area contributed by atoms with E-state index in [1.54, 1.807) is 0 Å². The normalized spacial score (nSPS) is 27.3. The molecule has 0 saturated carbocycles. The van der Waals surface area contributed by atoms with Gasteiger partial charge >= 0.3 is 0 Å². The summed E-state index contributed by atoms with van der Waals surface area (Å²) < 4.78 is 6.32. The van der Waals surface area contributed by atoms with Crippen molar-refractivity contribution in [1.29, 1.82) is 0 Å². The smallest absolute Gasteiger partial charge is 0.223 e. The Hall–Kier alpha value is -2.44. The van der Waals surface area contributed by atoms with Crippen LogP contribution in [0.1, 0.15) is 57.6 Å². The highest BCUT2D eigenvalue weighted by atomic mass is 16.5. The first-order valence-electron chi connectivity index (χ1n) is 14.8. The SMILES string of the molecule is Cc1ccc2ccccc2c1C1=NC(CN2CCC(C(=O)NCCCN3C[C@H](C)C[C@H](C)C3)CC2)C(C)O1. The molecule has 2 aromatic carbocycles. The molecule has 3 heterocycles. The van der Waals surface area contributed by atoms with Crippen LogP contribution in [0, 0.1) is 24.7 Å². The zero-order valence-electron chi connectivity index (χ0n) is 23.8. The van der Waals surface area contributed by atoms with Crippen LogP contribution in [0.25, 0.3) is 10.8 Å². The lowest BCUT2D eigenvalue weighted by Crippen LogP contribution is -2.44. The summed E-state index contributed by atoms with van der Waals surface area (Å²) in [5.41, 5.74) is 2.32. The first-order valence-corrected chi connectivity index (χ1v) is 14.8. The van der Waals surface area contributed by atoms with E-state index in [0.29, 0.717) is 0 Å². The summed E-state index contributed by atoms with van der Waals surface area (Å²) >= 11 is 0. The number of amides is 1. The minimum atomic E-state index is 0.0512. The lowest BCUT2D eigenvalue weighted by atomic mass is 9.92. The predicted molar refractivity (Wildman–Crippen MR) is 156 cm³/mol.